The van der Waals surface area contributed by atoms with Gasteiger partial charge in [-0.3, -0.25) is 4.79 Å². The van der Waals surface area contributed by atoms with Crippen molar-refractivity contribution in [3.8, 4) is 17.6 Å². The van der Waals surface area contributed by atoms with E-state index < -0.39 is 48.1 Å². The summed E-state index contributed by atoms with van der Waals surface area (Å²) in [6.45, 7) is 4.80. The van der Waals surface area contributed by atoms with Crippen molar-refractivity contribution < 1.29 is 43.2 Å². The van der Waals surface area contributed by atoms with Gasteiger partial charge in [-0.25, -0.2) is 9.59 Å². The lowest BCUT2D eigenvalue weighted by Crippen LogP contribution is -2.54. The lowest BCUT2D eigenvalue weighted by Gasteiger charge is -2.45. The van der Waals surface area contributed by atoms with Crippen molar-refractivity contribution >= 4 is 22.9 Å². The van der Waals surface area contributed by atoms with Gasteiger partial charge in [-0.2, -0.15) is 0 Å². The molecule has 0 saturated heterocycles. The summed E-state index contributed by atoms with van der Waals surface area (Å²) in [4.78, 5) is 43.5. The normalized spacial score (nSPS) is 24.1. The van der Waals surface area contributed by atoms with E-state index in [1.807, 2.05) is 26.8 Å². The van der Waals surface area contributed by atoms with E-state index in [-0.39, 0.29) is 66.9 Å². The highest BCUT2D eigenvalue weighted by atomic mass is 16.6. The van der Waals surface area contributed by atoms with Crippen LogP contribution >= 0.6 is 0 Å². The maximum absolute atomic E-state index is 15.0. The molecule has 0 amide bonds. The number of esters is 2. The Balaban J connectivity index is 1.18. The van der Waals surface area contributed by atoms with Gasteiger partial charge in [-0.15, -0.1) is 0 Å². The summed E-state index contributed by atoms with van der Waals surface area (Å²) >= 11 is 0. The molecule has 0 radical (unpaired) electrons. The van der Waals surface area contributed by atoms with Gasteiger partial charge in [0.15, 0.2) is 17.8 Å². The van der Waals surface area contributed by atoms with Gasteiger partial charge in [0.1, 0.15) is 18.1 Å². The SMILES string of the molecule is CC(C)=C1CCc2ccc3c(c2)CC#CCC2(C)Oc4ccc5cc(C(CCO)COCO)c(=O)oc5c4C(OC(=O)CC4CC(c5cccc(Cc6ccccc6)c5)C=CC34)C2OC1=O. The highest BCUT2D eigenvalue weighted by Crippen LogP contribution is 2.50. The van der Waals surface area contributed by atoms with E-state index in [9.17, 15) is 24.6 Å². The zero-order valence-electron chi connectivity index (χ0n) is 37.7. The number of rotatable bonds is 9. The number of aliphatic hydroxyl groups is 2. The van der Waals surface area contributed by atoms with Crippen LogP contribution in [0.5, 0.6) is 5.75 Å². The molecule has 1 aromatic heterocycles. The predicted molar refractivity (Wildman–Crippen MR) is 250 cm³/mol. The van der Waals surface area contributed by atoms with Crippen molar-refractivity contribution in [1.82, 2.24) is 0 Å². The van der Waals surface area contributed by atoms with Gasteiger partial charge in [0, 0.05) is 53.7 Å². The van der Waals surface area contributed by atoms with Crippen molar-refractivity contribution in [3.63, 3.8) is 0 Å². The fourth-order valence-corrected chi connectivity index (χ4v) is 10.4. The summed E-state index contributed by atoms with van der Waals surface area (Å²) in [6, 6.07) is 30.8. The van der Waals surface area contributed by atoms with Crippen LogP contribution in [0.2, 0.25) is 0 Å². The summed E-state index contributed by atoms with van der Waals surface area (Å²) in [5.74, 6) is 5.25. The van der Waals surface area contributed by atoms with Crippen molar-refractivity contribution in [1.29, 1.82) is 0 Å². The zero-order chi connectivity index (χ0) is 46.0. The standard InChI is InChI=1S/C56H56O10/c1-34(2)44-19-15-36-16-20-45-40(27-36)13-7-8-24-56(3)53(65-54(44)60)52(50-48(66-56)22-18-41-30-47(55(61)64-51(41)50)42(23-25-57)32-62-33-58)63-49(59)31-43-29-39(17-21-46(43)45)38-14-9-12-37(28-38)26-35-10-5-4-6-11-35/h4-6,9-12,14,16-18,20-22,27-28,30,39,42-43,46,52-53,57-58H,13,15,19,23-26,29,31-33H2,1-3H3. The molecule has 0 spiro atoms. The Hall–Kier alpha value is -6.25. The zero-order valence-corrected chi connectivity index (χ0v) is 37.7. The molecule has 4 aliphatic rings. The fourth-order valence-electron chi connectivity index (χ4n) is 10.4. The van der Waals surface area contributed by atoms with E-state index in [0.29, 0.717) is 42.4 Å². The van der Waals surface area contributed by atoms with Crippen LogP contribution < -0.4 is 10.4 Å². The van der Waals surface area contributed by atoms with Gasteiger partial charge in [0.05, 0.1) is 18.6 Å². The first kappa shape index (κ1) is 44.9. The Morgan fingerprint density at radius 1 is 0.894 bits per heavy atom. The van der Waals surface area contributed by atoms with Gasteiger partial charge < -0.3 is 33.6 Å². The quantitative estimate of drug-likeness (QED) is 0.0368. The van der Waals surface area contributed by atoms with E-state index in [2.05, 4.69) is 90.7 Å². The topological polar surface area (TPSA) is 142 Å². The van der Waals surface area contributed by atoms with E-state index in [4.69, 9.17) is 23.4 Å². The van der Waals surface area contributed by atoms with E-state index in [0.717, 1.165) is 28.7 Å². The van der Waals surface area contributed by atoms with E-state index in [1.54, 1.807) is 18.2 Å². The first-order chi connectivity index (χ1) is 32.0. The van der Waals surface area contributed by atoms with E-state index >= 15 is 0 Å². The number of ether oxygens (including phenoxy) is 4. The van der Waals surface area contributed by atoms with Crippen LogP contribution in [0.15, 0.2) is 124 Å². The molecule has 1 aliphatic carbocycles. The average Bonchev–Trinajstić information content (AvgIpc) is 3.30. The minimum atomic E-state index is -1.31. The van der Waals surface area contributed by atoms with Crippen LogP contribution in [0.3, 0.4) is 0 Å². The number of allylic oxidation sites excluding steroid dienone is 3. The molecule has 2 N–H and O–H groups in total. The summed E-state index contributed by atoms with van der Waals surface area (Å²) in [5, 5.41) is 19.7. The smallest absolute Gasteiger partial charge is 0.339 e. The highest BCUT2D eigenvalue weighted by molar-refractivity contribution is 5.90. The molecule has 340 valence electrons. The number of hydrogen-bond acceptors (Lipinski definition) is 10. The van der Waals surface area contributed by atoms with Crippen LogP contribution in [-0.2, 0) is 43.1 Å². The maximum Gasteiger partial charge on any atom is 0.339 e. The molecule has 7 atom stereocenters. The summed E-state index contributed by atoms with van der Waals surface area (Å²) in [5.41, 5.74) is 6.88. The molecule has 3 aliphatic heterocycles. The number of hydrogen-bond donors (Lipinski definition) is 2. The first-order valence-electron chi connectivity index (χ1n) is 23.1. The minimum Gasteiger partial charge on any atom is -0.482 e. The Morgan fingerprint density at radius 3 is 2.53 bits per heavy atom. The van der Waals surface area contributed by atoms with Crippen LogP contribution in [0.1, 0.15) is 121 Å². The van der Waals surface area contributed by atoms with Gasteiger partial charge in [0.2, 0.25) is 0 Å². The van der Waals surface area contributed by atoms with Gasteiger partial charge in [-0.1, -0.05) is 102 Å². The van der Waals surface area contributed by atoms with Gasteiger partial charge in [0.25, 0.3) is 0 Å². The molecule has 7 unspecified atom stereocenters. The van der Waals surface area contributed by atoms with Gasteiger partial charge >= 0.3 is 17.6 Å². The number of aliphatic hydroxyl groups excluding tert-OH is 2. The molecule has 0 fully saturated rings. The largest absolute Gasteiger partial charge is 0.482 e. The third kappa shape index (κ3) is 9.26. The van der Waals surface area contributed by atoms with E-state index in [1.165, 1.54) is 16.7 Å². The lowest BCUT2D eigenvalue weighted by molar-refractivity contribution is -0.190. The fraction of sp³-hybridized carbons (Fsp3) is 0.375. The predicted octanol–water partition coefficient (Wildman–Crippen LogP) is 9.23. The monoisotopic (exact) mass is 888 g/mol. The third-order valence-electron chi connectivity index (χ3n) is 13.9. The third-order valence-corrected chi connectivity index (χ3v) is 13.9. The van der Waals surface area contributed by atoms with Crippen LogP contribution in [-0.4, -0.2) is 53.9 Å². The maximum atomic E-state index is 15.0. The first-order valence-corrected chi connectivity index (χ1v) is 23.1. The van der Waals surface area contributed by atoms with Crippen molar-refractivity contribution in [2.24, 2.45) is 5.92 Å². The molecule has 9 rings (SSSR count). The Morgan fingerprint density at radius 2 is 1.73 bits per heavy atom. The molecule has 10 heteroatoms. The van der Waals surface area contributed by atoms with Crippen molar-refractivity contribution in [2.45, 2.75) is 108 Å². The number of fused-ring (bicyclic) bond motifs is 9. The van der Waals surface area contributed by atoms with Gasteiger partial charge in [-0.05, 0) is 110 Å². The number of carbonyl (C=O) groups excluding carboxylic acids is 2. The summed E-state index contributed by atoms with van der Waals surface area (Å²) in [7, 11) is 0. The number of carbonyl (C=O) groups is 2. The second kappa shape index (κ2) is 19.3. The van der Waals surface area contributed by atoms with Crippen LogP contribution in [0.4, 0.5) is 0 Å². The molecule has 10 nitrogen and oxygen atoms in total. The molecule has 4 aromatic carbocycles. The Labute approximate surface area is 385 Å². The molecule has 5 aromatic rings. The Bertz CT molecular complexity index is 2820. The summed E-state index contributed by atoms with van der Waals surface area (Å²) < 4.78 is 31.5. The Kier molecular flexibility index (Phi) is 13.1. The average molecular weight is 889 g/mol. The second-order valence-electron chi connectivity index (χ2n) is 18.6. The van der Waals surface area contributed by atoms with Crippen molar-refractivity contribution in [2.75, 3.05) is 20.0 Å². The van der Waals surface area contributed by atoms with Crippen LogP contribution in [0.25, 0.3) is 11.0 Å². The molecular formula is C56H56O10. The number of benzene rings is 4. The van der Waals surface area contributed by atoms with Crippen molar-refractivity contribution in [3.05, 3.63) is 169 Å². The minimum absolute atomic E-state index is 0.0193. The molecule has 4 heterocycles. The number of aryl methyl sites for hydroxylation is 1. The summed E-state index contributed by atoms with van der Waals surface area (Å²) in [6.07, 6.45) is 5.45. The lowest BCUT2D eigenvalue weighted by atomic mass is 9.71. The molecular weight excluding hydrogens is 833 g/mol. The van der Waals surface area contributed by atoms with Crippen LogP contribution in [0, 0.1) is 17.8 Å². The highest BCUT2D eigenvalue weighted by Gasteiger charge is 2.53. The molecule has 66 heavy (non-hydrogen) atoms. The molecule has 0 saturated carbocycles. The second-order valence-corrected chi connectivity index (χ2v) is 18.6. The molecule has 5 bridgehead atoms.